The van der Waals surface area contributed by atoms with Gasteiger partial charge >= 0.3 is 0 Å². The van der Waals surface area contributed by atoms with Gasteiger partial charge in [0.25, 0.3) is 0 Å². The van der Waals surface area contributed by atoms with Crippen molar-refractivity contribution in [3.8, 4) is 0 Å². The molecule has 0 fully saturated rings. The van der Waals surface area contributed by atoms with E-state index in [2.05, 4.69) is 6.58 Å². The Balaban J connectivity index is 3.51. The first-order valence-electron chi connectivity index (χ1n) is 3.03. The molecule has 0 aromatic rings. The van der Waals surface area contributed by atoms with Crippen molar-refractivity contribution in [2.45, 2.75) is 26.4 Å². The van der Waals surface area contributed by atoms with Crippen LogP contribution in [0.3, 0.4) is 0 Å². The van der Waals surface area contributed by atoms with E-state index < -0.39 is 0 Å². The van der Waals surface area contributed by atoms with Gasteiger partial charge in [-0.1, -0.05) is 13.0 Å². The van der Waals surface area contributed by atoms with Crippen molar-refractivity contribution in [3.05, 3.63) is 12.7 Å². The van der Waals surface area contributed by atoms with Gasteiger partial charge in [0.05, 0.1) is 6.10 Å². The van der Waals surface area contributed by atoms with Gasteiger partial charge in [-0.05, 0) is 13.3 Å². The Morgan fingerprint density at radius 2 is 2.25 bits per heavy atom. The average Bonchev–Trinajstić information content (AvgIpc) is 1.69. The Morgan fingerprint density at radius 1 is 1.75 bits per heavy atom. The van der Waals surface area contributed by atoms with Gasteiger partial charge < -0.3 is 5.11 Å². The maximum atomic E-state index is 8.94. The second kappa shape index (κ2) is 3.67. The summed E-state index contributed by atoms with van der Waals surface area (Å²) in [7, 11) is 0. The molecule has 48 valence electrons. The minimum atomic E-state index is -0.238. The summed E-state index contributed by atoms with van der Waals surface area (Å²) in [4.78, 5) is 0. The summed E-state index contributed by atoms with van der Waals surface area (Å²) >= 11 is 0. The highest BCUT2D eigenvalue weighted by atomic mass is 16.3. The Labute approximate surface area is 51.0 Å². The van der Waals surface area contributed by atoms with Crippen LogP contribution in [0.2, 0.25) is 0 Å². The van der Waals surface area contributed by atoms with Crippen LogP contribution >= 0.6 is 0 Å². The number of hydrogen-bond donors (Lipinski definition) is 1. The molecular formula is C7H14O. The average molecular weight is 114 g/mol. The number of rotatable bonds is 3. The number of hydrogen-bond acceptors (Lipinski definition) is 1. The normalized spacial score (nSPS) is 17.4. The molecule has 1 nitrogen and oxygen atoms in total. The zero-order chi connectivity index (χ0) is 6.57. The van der Waals surface area contributed by atoms with Crippen molar-refractivity contribution in [2.75, 3.05) is 0 Å². The highest BCUT2D eigenvalue weighted by Gasteiger charge is 2.05. The highest BCUT2D eigenvalue weighted by Crippen LogP contribution is 2.07. The molecule has 0 aromatic carbocycles. The Morgan fingerprint density at radius 3 is 2.25 bits per heavy atom. The van der Waals surface area contributed by atoms with Crippen molar-refractivity contribution in [2.24, 2.45) is 5.92 Å². The molecule has 0 aliphatic carbocycles. The topological polar surface area (TPSA) is 20.2 Å². The van der Waals surface area contributed by atoms with Gasteiger partial charge in [-0.25, -0.2) is 0 Å². The zero-order valence-electron chi connectivity index (χ0n) is 5.59. The standard InChI is InChI=1S/C7H14O/c1-4-7(5-2)6(3)8/h4,6-8H,1,5H2,2-3H3. The first kappa shape index (κ1) is 7.70. The Hall–Kier alpha value is -0.300. The van der Waals surface area contributed by atoms with E-state index in [9.17, 15) is 0 Å². The van der Waals surface area contributed by atoms with Gasteiger partial charge in [0.1, 0.15) is 0 Å². The maximum absolute atomic E-state index is 8.94. The molecule has 8 heavy (non-hydrogen) atoms. The predicted molar refractivity (Wildman–Crippen MR) is 35.7 cm³/mol. The van der Waals surface area contributed by atoms with Crippen molar-refractivity contribution < 1.29 is 5.11 Å². The van der Waals surface area contributed by atoms with Crippen molar-refractivity contribution in [1.82, 2.24) is 0 Å². The molecule has 0 saturated heterocycles. The van der Waals surface area contributed by atoms with E-state index in [1.165, 1.54) is 0 Å². The molecule has 0 saturated carbocycles. The minimum Gasteiger partial charge on any atom is -0.393 e. The van der Waals surface area contributed by atoms with Crippen LogP contribution in [0.4, 0.5) is 0 Å². The molecule has 0 heterocycles. The predicted octanol–water partition coefficient (Wildman–Crippen LogP) is 1.58. The molecule has 0 amide bonds. The van der Waals surface area contributed by atoms with Crippen LogP contribution in [0.5, 0.6) is 0 Å². The second-order valence-corrected chi connectivity index (χ2v) is 2.05. The van der Waals surface area contributed by atoms with Crippen LogP contribution in [0.15, 0.2) is 12.7 Å². The summed E-state index contributed by atoms with van der Waals surface area (Å²) in [6.45, 7) is 7.42. The molecule has 0 radical (unpaired) electrons. The van der Waals surface area contributed by atoms with Crippen molar-refractivity contribution >= 4 is 0 Å². The van der Waals surface area contributed by atoms with E-state index in [0.717, 1.165) is 6.42 Å². The van der Waals surface area contributed by atoms with Gasteiger partial charge in [-0.15, -0.1) is 6.58 Å². The molecule has 0 spiro atoms. The van der Waals surface area contributed by atoms with Gasteiger partial charge in [0, 0.05) is 5.92 Å². The van der Waals surface area contributed by atoms with E-state index in [4.69, 9.17) is 5.11 Å². The molecule has 0 bridgehead atoms. The number of aliphatic hydroxyl groups excluding tert-OH is 1. The van der Waals surface area contributed by atoms with E-state index in [-0.39, 0.29) is 12.0 Å². The van der Waals surface area contributed by atoms with Crippen molar-refractivity contribution in [3.63, 3.8) is 0 Å². The monoisotopic (exact) mass is 114 g/mol. The van der Waals surface area contributed by atoms with E-state index in [1.54, 1.807) is 13.0 Å². The fourth-order valence-corrected chi connectivity index (χ4v) is 0.705. The summed E-state index contributed by atoms with van der Waals surface area (Å²) in [6, 6.07) is 0. The lowest BCUT2D eigenvalue weighted by Crippen LogP contribution is -2.12. The third-order valence-corrected chi connectivity index (χ3v) is 1.39. The van der Waals surface area contributed by atoms with Crippen molar-refractivity contribution in [1.29, 1.82) is 0 Å². The molecule has 1 heteroatoms. The number of aliphatic hydroxyl groups is 1. The molecule has 0 rings (SSSR count). The summed E-state index contributed by atoms with van der Waals surface area (Å²) in [6.07, 6.45) is 2.53. The first-order valence-corrected chi connectivity index (χ1v) is 3.03. The molecule has 0 aliphatic rings. The molecule has 2 atom stereocenters. The van der Waals surface area contributed by atoms with Gasteiger partial charge in [-0.2, -0.15) is 0 Å². The third-order valence-electron chi connectivity index (χ3n) is 1.39. The smallest absolute Gasteiger partial charge is 0.0574 e. The SMILES string of the molecule is C=CC(CC)C(C)O. The summed E-state index contributed by atoms with van der Waals surface area (Å²) in [5.41, 5.74) is 0. The maximum Gasteiger partial charge on any atom is 0.0574 e. The first-order chi connectivity index (χ1) is 3.72. The Bertz CT molecular complexity index is 66.8. The summed E-state index contributed by atoms with van der Waals surface area (Å²) < 4.78 is 0. The quantitative estimate of drug-likeness (QED) is 0.552. The third kappa shape index (κ3) is 2.12. The Kier molecular flexibility index (Phi) is 3.53. The van der Waals surface area contributed by atoms with Gasteiger partial charge in [-0.3, -0.25) is 0 Å². The molecule has 1 N–H and O–H groups in total. The lowest BCUT2D eigenvalue weighted by molar-refractivity contribution is 0.147. The second-order valence-electron chi connectivity index (χ2n) is 2.05. The molecule has 0 aliphatic heterocycles. The lowest BCUT2D eigenvalue weighted by atomic mass is 10.0. The molecule has 2 unspecified atom stereocenters. The van der Waals surface area contributed by atoms with Gasteiger partial charge in [0.15, 0.2) is 0 Å². The summed E-state index contributed by atoms with van der Waals surface area (Å²) in [5, 5.41) is 8.94. The fraction of sp³-hybridized carbons (Fsp3) is 0.714. The largest absolute Gasteiger partial charge is 0.393 e. The van der Waals surface area contributed by atoms with Crippen LogP contribution in [-0.2, 0) is 0 Å². The van der Waals surface area contributed by atoms with Gasteiger partial charge in [0.2, 0.25) is 0 Å². The van der Waals surface area contributed by atoms with Crippen LogP contribution in [0, 0.1) is 5.92 Å². The molecular weight excluding hydrogens is 100 g/mol. The fourth-order valence-electron chi connectivity index (χ4n) is 0.705. The summed E-state index contributed by atoms with van der Waals surface area (Å²) in [5.74, 6) is 0.273. The zero-order valence-corrected chi connectivity index (χ0v) is 5.59. The van der Waals surface area contributed by atoms with E-state index in [0.29, 0.717) is 0 Å². The van der Waals surface area contributed by atoms with Crippen LogP contribution in [-0.4, -0.2) is 11.2 Å². The van der Waals surface area contributed by atoms with Crippen LogP contribution in [0.1, 0.15) is 20.3 Å². The van der Waals surface area contributed by atoms with Crippen LogP contribution in [0.25, 0.3) is 0 Å². The van der Waals surface area contributed by atoms with E-state index in [1.807, 2.05) is 6.92 Å². The van der Waals surface area contributed by atoms with Crippen LogP contribution < -0.4 is 0 Å². The van der Waals surface area contributed by atoms with E-state index >= 15 is 0 Å². The minimum absolute atomic E-state index is 0.238. The molecule has 0 aromatic heterocycles. The highest BCUT2D eigenvalue weighted by molar-refractivity contribution is 4.81. The lowest BCUT2D eigenvalue weighted by Gasteiger charge is -2.11.